The Kier molecular flexibility index (Phi) is 2.98. The van der Waals surface area contributed by atoms with Gasteiger partial charge >= 0.3 is 0 Å². The van der Waals surface area contributed by atoms with Gasteiger partial charge in [-0.15, -0.1) is 0 Å². The number of nitrogens with one attached hydrogen (secondary N) is 1. The molecule has 2 aromatic rings. The van der Waals surface area contributed by atoms with Gasteiger partial charge in [0.25, 0.3) is 0 Å². The summed E-state index contributed by atoms with van der Waals surface area (Å²) >= 11 is 5.90. The quantitative estimate of drug-likeness (QED) is 0.852. The first-order valence-corrected chi connectivity index (χ1v) is 8.70. The Morgan fingerprint density at radius 3 is 3.00 bits per heavy atom. The summed E-state index contributed by atoms with van der Waals surface area (Å²) in [5, 5.41) is 3.97. The van der Waals surface area contributed by atoms with Crippen molar-refractivity contribution in [2.75, 3.05) is 24.5 Å². The van der Waals surface area contributed by atoms with Gasteiger partial charge in [0.15, 0.2) is 0 Å². The molecule has 1 saturated heterocycles. The van der Waals surface area contributed by atoms with Crippen LogP contribution >= 0.6 is 11.6 Å². The normalized spacial score (nSPS) is 24.7. The summed E-state index contributed by atoms with van der Waals surface area (Å²) in [6, 6.07) is 9.98. The molecule has 2 aromatic carbocycles. The third-order valence-corrected chi connectivity index (χ3v) is 5.85. The van der Waals surface area contributed by atoms with Gasteiger partial charge in [0, 0.05) is 41.3 Å². The number of piperidine rings is 1. The average Bonchev–Trinajstić information content (AvgIpc) is 3.11. The van der Waals surface area contributed by atoms with Gasteiger partial charge in [-0.05, 0) is 66.4 Å². The van der Waals surface area contributed by atoms with Crippen molar-refractivity contribution in [1.82, 2.24) is 5.32 Å². The molecule has 1 fully saturated rings. The molecule has 0 radical (unpaired) electrons. The van der Waals surface area contributed by atoms with Gasteiger partial charge in [0.05, 0.1) is 0 Å². The van der Waals surface area contributed by atoms with E-state index in [1.165, 1.54) is 29.3 Å². The van der Waals surface area contributed by atoms with Crippen molar-refractivity contribution in [3.63, 3.8) is 0 Å². The average molecular weight is 329 g/mol. The first-order valence-electron chi connectivity index (χ1n) is 8.32. The molecular weight excluding hydrogens is 311 g/mol. The summed E-state index contributed by atoms with van der Waals surface area (Å²) in [4.78, 5) is 2.60. The van der Waals surface area contributed by atoms with E-state index >= 15 is 0 Å². The highest BCUT2D eigenvalue weighted by Crippen LogP contribution is 2.49. The highest BCUT2D eigenvalue weighted by atomic mass is 35.5. The number of hydrogen-bond acceptors (Lipinski definition) is 2. The molecule has 3 heterocycles. The second-order valence-electron chi connectivity index (χ2n) is 6.81. The van der Waals surface area contributed by atoms with E-state index < -0.39 is 0 Å². The molecule has 118 valence electrons. The summed E-state index contributed by atoms with van der Waals surface area (Å²) in [6.45, 7) is 3.23. The van der Waals surface area contributed by atoms with Crippen molar-refractivity contribution in [3.8, 4) is 11.1 Å². The second-order valence-corrected chi connectivity index (χ2v) is 7.24. The molecule has 3 aliphatic rings. The van der Waals surface area contributed by atoms with Gasteiger partial charge in [-0.1, -0.05) is 11.6 Å². The Balaban J connectivity index is 1.67. The molecule has 0 aliphatic carbocycles. The fourth-order valence-corrected chi connectivity index (χ4v) is 4.80. The molecule has 4 heteroatoms. The first kappa shape index (κ1) is 13.8. The van der Waals surface area contributed by atoms with Crippen LogP contribution < -0.4 is 10.2 Å². The van der Waals surface area contributed by atoms with Gasteiger partial charge in [-0.3, -0.25) is 0 Å². The Bertz CT molecular complexity index is 804. The molecule has 0 bridgehead atoms. The smallest absolute Gasteiger partial charge is 0.132 e. The number of fused-ring (bicyclic) bond motifs is 3. The van der Waals surface area contributed by atoms with Crippen LogP contribution in [0.25, 0.3) is 11.1 Å². The topological polar surface area (TPSA) is 15.3 Å². The highest BCUT2D eigenvalue weighted by Gasteiger charge is 2.43. The summed E-state index contributed by atoms with van der Waals surface area (Å²) in [5.74, 6) is 0.295. The van der Waals surface area contributed by atoms with Crippen molar-refractivity contribution in [1.29, 1.82) is 0 Å². The van der Waals surface area contributed by atoms with Crippen LogP contribution in [0.2, 0.25) is 5.02 Å². The minimum Gasteiger partial charge on any atom is -0.367 e. The molecule has 5 rings (SSSR count). The van der Waals surface area contributed by atoms with E-state index in [1.54, 1.807) is 12.1 Å². The molecule has 0 amide bonds. The highest BCUT2D eigenvalue weighted by molar-refractivity contribution is 6.30. The van der Waals surface area contributed by atoms with Crippen LogP contribution in [-0.2, 0) is 6.42 Å². The summed E-state index contributed by atoms with van der Waals surface area (Å²) < 4.78 is 14.4. The van der Waals surface area contributed by atoms with Crippen molar-refractivity contribution < 1.29 is 4.39 Å². The monoisotopic (exact) mass is 328 g/mol. The van der Waals surface area contributed by atoms with Crippen molar-refractivity contribution in [3.05, 3.63) is 52.3 Å². The zero-order valence-corrected chi connectivity index (χ0v) is 13.5. The number of benzene rings is 2. The van der Waals surface area contributed by atoms with E-state index in [-0.39, 0.29) is 5.82 Å². The molecular formula is C19H18ClFN2. The maximum atomic E-state index is 14.4. The fraction of sp³-hybridized carbons (Fsp3) is 0.368. The van der Waals surface area contributed by atoms with Crippen LogP contribution in [0, 0.1) is 5.82 Å². The van der Waals surface area contributed by atoms with E-state index in [0.717, 1.165) is 31.6 Å². The van der Waals surface area contributed by atoms with E-state index in [9.17, 15) is 4.39 Å². The van der Waals surface area contributed by atoms with Gasteiger partial charge in [-0.2, -0.15) is 0 Å². The van der Waals surface area contributed by atoms with E-state index in [4.69, 9.17) is 11.6 Å². The molecule has 0 spiro atoms. The maximum absolute atomic E-state index is 14.4. The van der Waals surface area contributed by atoms with Gasteiger partial charge in [0.1, 0.15) is 5.82 Å². The third kappa shape index (κ3) is 1.96. The van der Waals surface area contributed by atoms with Gasteiger partial charge in [-0.25, -0.2) is 4.39 Å². The number of hydrogen-bond donors (Lipinski definition) is 1. The lowest BCUT2D eigenvalue weighted by molar-refractivity contribution is 0.405. The number of anilines is 1. The van der Waals surface area contributed by atoms with Gasteiger partial charge < -0.3 is 10.2 Å². The summed E-state index contributed by atoms with van der Waals surface area (Å²) in [5.41, 5.74) is 5.85. The predicted molar refractivity (Wildman–Crippen MR) is 91.9 cm³/mol. The second kappa shape index (κ2) is 4.96. The zero-order valence-electron chi connectivity index (χ0n) is 12.8. The molecule has 0 aromatic heterocycles. The van der Waals surface area contributed by atoms with Crippen LogP contribution in [0.15, 0.2) is 30.3 Å². The molecule has 2 atom stereocenters. The van der Waals surface area contributed by atoms with Crippen LogP contribution in [0.1, 0.15) is 23.5 Å². The summed E-state index contributed by atoms with van der Waals surface area (Å²) in [6.07, 6.45) is 2.27. The lowest BCUT2D eigenvalue weighted by atomic mass is 9.87. The Morgan fingerprint density at radius 1 is 1.22 bits per heavy atom. The zero-order chi connectivity index (χ0) is 15.6. The Labute approximate surface area is 140 Å². The molecule has 23 heavy (non-hydrogen) atoms. The standard InChI is InChI=1S/C19H18ClFN2/c20-13-1-2-14(17(21)9-13)12-7-11-4-6-23-18-3-5-22-10-16(18)15(8-12)19(11)23/h1-2,7-9,16,18,22H,3-6,10H2/t16-,18-/m0/s1. The van der Waals surface area contributed by atoms with Crippen molar-refractivity contribution in [2.45, 2.75) is 24.8 Å². The van der Waals surface area contributed by atoms with Crippen molar-refractivity contribution in [2.24, 2.45) is 0 Å². The molecule has 1 N–H and O–H groups in total. The van der Waals surface area contributed by atoms with E-state index in [2.05, 4.69) is 22.3 Å². The van der Waals surface area contributed by atoms with Crippen LogP contribution in [-0.4, -0.2) is 25.7 Å². The molecule has 3 aliphatic heterocycles. The number of halogens is 2. The van der Waals surface area contributed by atoms with E-state index in [1.807, 2.05) is 0 Å². The number of nitrogens with zero attached hydrogens (tertiary/aromatic N) is 1. The fourth-order valence-electron chi connectivity index (χ4n) is 4.64. The summed E-state index contributed by atoms with van der Waals surface area (Å²) in [7, 11) is 0. The minimum absolute atomic E-state index is 0.240. The maximum Gasteiger partial charge on any atom is 0.132 e. The largest absolute Gasteiger partial charge is 0.367 e. The minimum atomic E-state index is -0.240. The Morgan fingerprint density at radius 2 is 2.13 bits per heavy atom. The predicted octanol–water partition coefficient (Wildman–Crippen LogP) is 3.97. The van der Waals surface area contributed by atoms with Crippen LogP contribution in [0.5, 0.6) is 0 Å². The lowest BCUT2D eigenvalue weighted by Gasteiger charge is -2.32. The molecule has 0 unspecified atom stereocenters. The molecule has 0 saturated carbocycles. The van der Waals surface area contributed by atoms with Crippen LogP contribution in [0.4, 0.5) is 10.1 Å². The molecule has 2 nitrogen and oxygen atoms in total. The number of rotatable bonds is 1. The lowest BCUT2D eigenvalue weighted by Crippen LogP contribution is -2.43. The van der Waals surface area contributed by atoms with Gasteiger partial charge in [0.2, 0.25) is 0 Å². The van der Waals surface area contributed by atoms with Crippen LogP contribution in [0.3, 0.4) is 0 Å². The van der Waals surface area contributed by atoms with Crippen molar-refractivity contribution >= 4 is 17.3 Å². The third-order valence-electron chi connectivity index (χ3n) is 5.62. The SMILES string of the molecule is Fc1cc(Cl)ccc1-c1cc2c3c(c1)[C@@H]1CNCC[C@@H]1N3CC2. The van der Waals surface area contributed by atoms with E-state index in [0.29, 0.717) is 22.5 Å². The first-order chi connectivity index (χ1) is 11.2. The Hall–Kier alpha value is -1.58.